The normalized spacial score (nSPS) is 24.5. The van der Waals surface area contributed by atoms with E-state index in [0.29, 0.717) is 6.42 Å². The predicted molar refractivity (Wildman–Crippen MR) is 85.9 cm³/mol. The number of carbonyl (C=O) groups is 2. The van der Waals surface area contributed by atoms with Gasteiger partial charge in [-0.2, -0.15) is 11.8 Å². The molecule has 1 amide bonds. The van der Waals surface area contributed by atoms with Crippen molar-refractivity contribution >= 4 is 23.8 Å². The fourth-order valence-corrected chi connectivity index (χ4v) is 3.93. The third-order valence-electron chi connectivity index (χ3n) is 3.94. The Morgan fingerprint density at radius 3 is 2.77 bits per heavy atom. The highest BCUT2D eigenvalue weighted by Gasteiger charge is 2.42. The van der Waals surface area contributed by atoms with E-state index in [1.54, 1.807) is 11.8 Å². The molecule has 1 heterocycles. The molecule has 1 aromatic rings. The van der Waals surface area contributed by atoms with E-state index in [1.807, 2.05) is 37.3 Å². The molecule has 0 aliphatic carbocycles. The average Bonchev–Trinajstić information content (AvgIpc) is 2.49. The number of alkyl carbamates (subject to hydrolysis) is 1. The zero-order chi connectivity index (χ0) is 16.0. The SMILES string of the molecule is CC1SCCCC1(CC(=O)O)NC(=O)OCc1ccccc1. The number of rotatable bonds is 5. The summed E-state index contributed by atoms with van der Waals surface area (Å²) in [6, 6.07) is 9.40. The molecule has 2 atom stereocenters. The molecule has 2 rings (SSSR count). The number of hydrogen-bond acceptors (Lipinski definition) is 4. The van der Waals surface area contributed by atoms with Crippen molar-refractivity contribution in [3.63, 3.8) is 0 Å². The molecule has 22 heavy (non-hydrogen) atoms. The number of hydrogen-bond donors (Lipinski definition) is 2. The van der Waals surface area contributed by atoms with Crippen LogP contribution in [0.15, 0.2) is 30.3 Å². The zero-order valence-electron chi connectivity index (χ0n) is 12.6. The number of carboxylic acids is 1. The number of ether oxygens (including phenoxy) is 1. The second kappa shape index (κ2) is 7.54. The lowest BCUT2D eigenvalue weighted by molar-refractivity contribution is -0.138. The summed E-state index contributed by atoms with van der Waals surface area (Å²) in [6.45, 7) is 2.14. The fourth-order valence-electron chi connectivity index (χ4n) is 2.68. The molecule has 2 unspecified atom stereocenters. The van der Waals surface area contributed by atoms with Crippen LogP contribution in [0.2, 0.25) is 0 Å². The van der Waals surface area contributed by atoms with Gasteiger partial charge in [-0.1, -0.05) is 37.3 Å². The minimum Gasteiger partial charge on any atom is -0.481 e. The number of amides is 1. The van der Waals surface area contributed by atoms with Crippen LogP contribution < -0.4 is 5.32 Å². The summed E-state index contributed by atoms with van der Waals surface area (Å²) >= 11 is 1.69. The Bertz CT molecular complexity index is 522. The van der Waals surface area contributed by atoms with E-state index in [1.165, 1.54) is 0 Å². The van der Waals surface area contributed by atoms with E-state index in [2.05, 4.69) is 5.32 Å². The molecule has 5 nitrogen and oxygen atoms in total. The topological polar surface area (TPSA) is 75.6 Å². The standard InChI is InChI=1S/C16H21NO4S/c1-12-16(10-14(18)19,8-5-9-22-12)17-15(20)21-11-13-6-3-2-4-7-13/h2-4,6-7,12H,5,8-11H2,1H3,(H,17,20)(H,18,19). The average molecular weight is 323 g/mol. The van der Waals surface area contributed by atoms with Gasteiger partial charge in [0.1, 0.15) is 6.61 Å². The van der Waals surface area contributed by atoms with E-state index in [4.69, 9.17) is 9.84 Å². The molecule has 120 valence electrons. The van der Waals surface area contributed by atoms with Gasteiger partial charge in [-0.05, 0) is 24.2 Å². The van der Waals surface area contributed by atoms with Crippen LogP contribution in [-0.2, 0) is 16.1 Å². The molecule has 0 aromatic heterocycles. The summed E-state index contributed by atoms with van der Waals surface area (Å²) in [4.78, 5) is 23.3. The van der Waals surface area contributed by atoms with Gasteiger partial charge in [0.2, 0.25) is 0 Å². The first-order valence-electron chi connectivity index (χ1n) is 7.34. The maximum Gasteiger partial charge on any atom is 0.407 e. The van der Waals surface area contributed by atoms with E-state index in [9.17, 15) is 9.59 Å². The van der Waals surface area contributed by atoms with Gasteiger partial charge >= 0.3 is 12.1 Å². The maximum atomic E-state index is 12.1. The molecule has 0 saturated carbocycles. The van der Waals surface area contributed by atoms with Crippen LogP contribution in [0.1, 0.15) is 31.7 Å². The van der Waals surface area contributed by atoms with E-state index in [-0.39, 0.29) is 18.3 Å². The summed E-state index contributed by atoms with van der Waals surface area (Å²) < 4.78 is 5.23. The van der Waals surface area contributed by atoms with E-state index < -0.39 is 17.6 Å². The Morgan fingerprint density at radius 2 is 2.14 bits per heavy atom. The Hall–Kier alpha value is -1.69. The van der Waals surface area contributed by atoms with Crippen LogP contribution in [-0.4, -0.2) is 33.7 Å². The Morgan fingerprint density at radius 1 is 1.41 bits per heavy atom. The highest BCUT2D eigenvalue weighted by molar-refractivity contribution is 8.00. The Labute approximate surface area is 134 Å². The molecule has 1 aromatic carbocycles. The van der Waals surface area contributed by atoms with Crippen LogP contribution in [0.25, 0.3) is 0 Å². The first-order valence-corrected chi connectivity index (χ1v) is 8.39. The van der Waals surface area contributed by atoms with Crippen LogP contribution in [0.3, 0.4) is 0 Å². The van der Waals surface area contributed by atoms with E-state index >= 15 is 0 Å². The van der Waals surface area contributed by atoms with Crippen molar-refractivity contribution in [1.82, 2.24) is 5.32 Å². The number of benzene rings is 1. The van der Waals surface area contributed by atoms with Crippen LogP contribution in [0, 0.1) is 0 Å². The molecule has 1 aliphatic heterocycles. The summed E-state index contributed by atoms with van der Waals surface area (Å²) in [5.74, 6) is 0.0845. The molecule has 1 aliphatic rings. The number of thioether (sulfide) groups is 1. The first kappa shape index (κ1) is 16.7. The van der Waals surface area contributed by atoms with E-state index in [0.717, 1.165) is 17.7 Å². The lowest BCUT2D eigenvalue weighted by Gasteiger charge is -2.41. The summed E-state index contributed by atoms with van der Waals surface area (Å²) in [5.41, 5.74) is 0.165. The van der Waals surface area contributed by atoms with Crippen molar-refractivity contribution in [3.05, 3.63) is 35.9 Å². The minimum absolute atomic E-state index is 0.0432. The highest BCUT2D eigenvalue weighted by atomic mass is 32.2. The number of carbonyl (C=O) groups excluding carboxylic acids is 1. The second-order valence-electron chi connectivity index (χ2n) is 5.53. The van der Waals surface area contributed by atoms with Gasteiger partial charge < -0.3 is 15.2 Å². The van der Waals surface area contributed by atoms with Gasteiger partial charge in [0, 0.05) is 5.25 Å². The molecule has 1 fully saturated rings. The Balaban J connectivity index is 1.97. The highest BCUT2D eigenvalue weighted by Crippen LogP contribution is 2.36. The number of carboxylic acid groups (broad SMARTS) is 1. The van der Waals surface area contributed by atoms with Crippen molar-refractivity contribution in [2.24, 2.45) is 0 Å². The van der Waals surface area contributed by atoms with Gasteiger partial charge in [-0.3, -0.25) is 4.79 Å². The molecular weight excluding hydrogens is 302 g/mol. The van der Waals surface area contributed by atoms with Gasteiger partial charge in [-0.25, -0.2) is 4.79 Å². The molecular formula is C16H21NO4S. The maximum absolute atomic E-state index is 12.1. The van der Waals surface area contributed by atoms with Crippen molar-refractivity contribution in [3.8, 4) is 0 Å². The Kier molecular flexibility index (Phi) is 5.71. The van der Waals surface area contributed by atoms with Gasteiger partial charge in [0.25, 0.3) is 0 Å². The summed E-state index contributed by atoms with van der Waals surface area (Å²) in [6.07, 6.45) is 0.913. The fraction of sp³-hybridized carbons (Fsp3) is 0.500. The van der Waals surface area contributed by atoms with Crippen molar-refractivity contribution in [1.29, 1.82) is 0 Å². The van der Waals surface area contributed by atoms with Crippen molar-refractivity contribution in [2.75, 3.05) is 5.75 Å². The van der Waals surface area contributed by atoms with Crippen molar-refractivity contribution < 1.29 is 19.4 Å². The predicted octanol–water partition coefficient (Wildman–Crippen LogP) is 3.04. The lowest BCUT2D eigenvalue weighted by atomic mass is 9.86. The molecule has 2 N–H and O–H groups in total. The third kappa shape index (κ3) is 4.40. The molecule has 0 radical (unpaired) electrons. The molecule has 6 heteroatoms. The second-order valence-corrected chi connectivity index (χ2v) is 6.98. The monoisotopic (exact) mass is 323 g/mol. The number of aliphatic carboxylic acids is 1. The molecule has 0 bridgehead atoms. The summed E-state index contributed by atoms with van der Waals surface area (Å²) in [7, 11) is 0. The first-order chi connectivity index (χ1) is 10.5. The van der Waals surface area contributed by atoms with Gasteiger partial charge in [0.15, 0.2) is 0 Å². The quantitative estimate of drug-likeness (QED) is 0.871. The molecule has 0 spiro atoms. The number of nitrogens with one attached hydrogen (secondary N) is 1. The smallest absolute Gasteiger partial charge is 0.407 e. The van der Waals surface area contributed by atoms with Gasteiger partial charge in [-0.15, -0.1) is 0 Å². The van der Waals surface area contributed by atoms with Crippen LogP contribution >= 0.6 is 11.8 Å². The lowest BCUT2D eigenvalue weighted by Crippen LogP contribution is -2.57. The van der Waals surface area contributed by atoms with Crippen LogP contribution in [0.5, 0.6) is 0 Å². The summed E-state index contributed by atoms with van der Waals surface area (Å²) in [5, 5.41) is 12.0. The zero-order valence-corrected chi connectivity index (χ0v) is 13.4. The molecule has 1 saturated heterocycles. The third-order valence-corrected chi connectivity index (χ3v) is 5.42. The largest absolute Gasteiger partial charge is 0.481 e. The van der Waals surface area contributed by atoms with Crippen LogP contribution in [0.4, 0.5) is 4.79 Å². The minimum atomic E-state index is -0.905. The van der Waals surface area contributed by atoms with Gasteiger partial charge in [0.05, 0.1) is 12.0 Å². The van der Waals surface area contributed by atoms with Crippen molar-refractivity contribution in [2.45, 2.75) is 43.6 Å².